The molecule has 0 saturated carbocycles. The molecule has 2 aliphatic rings. The summed E-state index contributed by atoms with van der Waals surface area (Å²) in [5.41, 5.74) is 13.7. The van der Waals surface area contributed by atoms with Crippen molar-refractivity contribution in [1.29, 1.82) is 0 Å². The average Bonchev–Trinajstić information content (AvgIpc) is 3.95. The molecule has 0 spiro atoms. The molecule has 0 amide bonds. The summed E-state index contributed by atoms with van der Waals surface area (Å²) < 4.78 is 9.52. The Labute approximate surface area is 413 Å². The highest BCUT2D eigenvalue weighted by atomic mass is 32.1. The second-order valence-electron chi connectivity index (χ2n) is 19.2. The van der Waals surface area contributed by atoms with E-state index in [1.165, 1.54) is 80.5 Å². The van der Waals surface area contributed by atoms with Crippen LogP contribution in [0.2, 0.25) is 0 Å². The number of rotatable bonds is 5. The predicted molar refractivity (Wildman–Crippen MR) is 298 cm³/mol. The second kappa shape index (κ2) is 16.0. The van der Waals surface area contributed by atoms with Gasteiger partial charge in [-0.05, 0) is 132 Å². The standard InChI is InChI=1S/C66H43N3OS/c1-2-13-39(14-3-1)40-25-27-42(28-26-40)64-67-65(54-23-12-22-53-51-21-10-11-24-60(51)71-63(53)54)69-66(68-64)57-36-48(38-59-62(57)56-35-45-18-6-7-19-46(45)37-58(56)70-59)49-31-30-47-33-43-16-4-5-17-44(43)34-55(47)61-50-20-9-8-15-41(50)29-32-52(49)61/h1-29,32-38,49,64H,30-31H2,(H,67,68,69). The van der Waals surface area contributed by atoms with Crippen LogP contribution in [0.15, 0.2) is 233 Å². The molecule has 3 heterocycles. The van der Waals surface area contributed by atoms with Crippen LogP contribution in [0, 0.1) is 0 Å². The van der Waals surface area contributed by atoms with E-state index in [0.717, 1.165) is 68.3 Å². The van der Waals surface area contributed by atoms with Gasteiger partial charge >= 0.3 is 0 Å². The Hall–Kier alpha value is -8.64. The molecule has 11 aromatic carbocycles. The SMILES string of the molecule is c1ccc(-c2ccc(C3N=C(c4cccc5c4sc4ccccc45)N=C(c4cc(C5CCc6cc7ccccc7cc6-c6c5ccc5ccccc65)cc5oc6cc7ccccc7cc6c45)N3)cc2)cc1. The van der Waals surface area contributed by atoms with Gasteiger partial charge in [0.15, 0.2) is 5.84 Å². The molecule has 0 fully saturated rings. The third-order valence-electron chi connectivity index (χ3n) is 15.1. The van der Waals surface area contributed by atoms with E-state index in [9.17, 15) is 0 Å². The molecule has 4 nitrogen and oxygen atoms in total. The first-order valence-electron chi connectivity index (χ1n) is 24.6. The molecule has 13 aromatic rings. The summed E-state index contributed by atoms with van der Waals surface area (Å²) in [6.45, 7) is 0. The van der Waals surface area contributed by atoms with E-state index in [0.29, 0.717) is 5.84 Å². The maximum Gasteiger partial charge on any atom is 0.160 e. The van der Waals surface area contributed by atoms with E-state index in [4.69, 9.17) is 14.4 Å². The van der Waals surface area contributed by atoms with Crippen LogP contribution in [0.5, 0.6) is 0 Å². The number of nitrogens with zero attached hydrogens (tertiary/aromatic N) is 2. The normalized spacial score (nSPS) is 15.8. The Balaban J connectivity index is 0.972. The summed E-state index contributed by atoms with van der Waals surface area (Å²) >= 11 is 1.81. The van der Waals surface area contributed by atoms with Gasteiger partial charge in [0, 0.05) is 48.0 Å². The minimum absolute atomic E-state index is 0.0616. The topological polar surface area (TPSA) is 49.9 Å². The number of nitrogens with one attached hydrogen (secondary N) is 1. The van der Waals surface area contributed by atoms with Crippen LogP contribution in [-0.2, 0) is 6.42 Å². The molecule has 1 N–H and O–H groups in total. The number of aryl methyl sites for hydroxylation is 1. The van der Waals surface area contributed by atoms with Gasteiger partial charge in [0.25, 0.3) is 0 Å². The highest BCUT2D eigenvalue weighted by Crippen LogP contribution is 2.48. The number of benzene rings is 11. The van der Waals surface area contributed by atoms with Crippen molar-refractivity contribution in [3.8, 4) is 22.3 Å². The van der Waals surface area contributed by atoms with Gasteiger partial charge in [-0.25, -0.2) is 9.98 Å². The highest BCUT2D eigenvalue weighted by Gasteiger charge is 2.30. The number of hydrogen-bond donors (Lipinski definition) is 1. The first-order chi connectivity index (χ1) is 35.1. The summed E-state index contributed by atoms with van der Waals surface area (Å²) in [5.74, 6) is 1.54. The highest BCUT2D eigenvalue weighted by molar-refractivity contribution is 7.26. The Morgan fingerprint density at radius 2 is 1.17 bits per heavy atom. The maximum atomic E-state index is 7.09. The van der Waals surface area contributed by atoms with Crippen molar-refractivity contribution < 1.29 is 4.42 Å². The Bertz CT molecular complexity index is 4390. The van der Waals surface area contributed by atoms with Crippen molar-refractivity contribution in [2.45, 2.75) is 24.9 Å². The van der Waals surface area contributed by atoms with Crippen molar-refractivity contribution in [3.05, 3.63) is 252 Å². The number of thiophene rings is 1. The monoisotopic (exact) mass is 925 g/mol. The largest absolute Gasteiger partial charge is 0.456 e. The lowest BCUT2D eigenvalue weighted by Gasteiger charge is -2.26. The Morgan fingerprint density at radius 1 is 0.479 bits per heavy atom. The lowest BCUT2D eigenvalue weighted by molar-refractivity contribution is 0.664. The van der Waals surface area contributed by atoms with E-state index in [2.05, 4.69) is 224 Å². The minimum Gasteiger partial charge on any atom is -0.456 e. The van der Waals surface area contributed by atoms with Crippen LogP contribution in [0.4, 0.5) is 0 Å². The van der Waals surface area contributed by atoms with E-state index < -0.39 is 6.17 Å². The first kappa shape index (κ1) is 40.3. The molecule has 1 aliphatic carbocycles. The van der Waals surface area contributed by atoms with Gasteiger partial charge < -0.3 is 9.73 Å². The summed E-state index contributed by atoms with van der Waals surface area (Å²) in [5, 5.41) is 15.9. The molecule has 71 heavy (non-hydrogen) atoms. The molecule has 5 heteroatoms. The number of aliphatic imine (C=N–C) groups is 2. The molecule has 0 saturated heterocycles. The quantitative estimate of drug-likeness (QED) is 0.187. The lowest BCUT2D eigenvalue weighted by atomic mass is 9.82. The number of furan rings is 1. The fraction of sp³-hybridized carbons (Fsp3) is 0.0606. The van der Waals surface area contributed by atoms with Crippen LogP contribution in [0.25, 0.3) is 96.7 Å². The van der Waals surface area contributed by atoms with Crippen LogP contribution in [-0.4, -0.2) is 11.7 Å². The van der Waals surface area contributed by atoms with Crippen molar-refractivity contribution in [1.82, 2.24) is 5.32 Å². The molecule has 2 aromatic heterocycles. The van der Waals surface area contributed by atoms with E-state index in [1.54, 1.807) is 0 Å². The van der Waals surface area contributed by atoms with Crippen molar-refractivity contribution in [3.63, 3.8) is 0 Å². The third-order valence-corrected chi connectivity index (χ3v) is 16.3. The van der Waals surface area contributed by atoms with Gasteiger partial charge in [0.2, 0.25) is 0 Å². The van der Waals surface area contributed by atoms with E-state index in [-0.39, 0.29) is 5.92 Å². The molecule has 15 rings (SSSR count). The summed E-state index contributed by atoms with van der Waals surface area (Å²) in [6, 6.07) is 79.7. The van der Waals surface area contributed by atoms with Crippen LogP contribution in [0.3, 0.4) is 0 Å². The van der Waals surface area contributed by atoms with Crippen molar-refractivity contribution in [2.75, 3.05) is 0 Å². The van der Waals surface area contributed by atoms with E-state index in [1.807, 2.05) is 11.3 Å². The van der Waals surface area contributed by atoms with Crippen LogP contribution >= 0.6 is 11.3 Å². The number of fused-ring (bicyclic) bond motifs is 13. The fourth-order valence-corrected chi connectivity index (χ4v) is 12.9. The second-order valence-corrected chi connectivity index (χ2v) is 20.2. The lowest BCUT2D eigenvalue weighted by Crippen LogP contribution is -2.33. The Kier molecular flexibility index (Phi) is 9.05. The molecular formula is C66H43N3OS. The molecular weight excluding hydrogens is 883 g/mol. The summed E-state index contributed by atoms with van der Waals surface area (Å²) in [7, 11) is 0. The van der Waals surface area contributed by atoms with Gasteiger partial charge in [-0.15, -0.1) is 11.3 Å². The van der Waals surface area contributed by atoms with Crippen LogP contribution < -0.4 is 5.32 Å². The zero-order chi connectivity index (χ0) is 46.6. The number of amidine groups is 2. The zero-order valence-corrected chi connectivity index (χ0v) is 39.4. The smallest absolute Gasteiger partial charge is 0.160 e. The summed E-state index contributed by atoms with van der Waals surface area (Å²) in [4.78, 5) is 11.2. The first-order valence-corrected chi connectivity index (χ1v) is 25.4. The molecule has 0 radical (unpaired) electrons. The predicted octanol–water partition coefficient (Wildman–Crippen LogP) is 17.3. The molecule has 334 valence electrons. The molecule has 2 atom stereocenters. The number of hydrogen-bond acceptors (Lipinski definition) is 5. The van der Waals surface area contributed by atoms with Gasteiger partial charge in [0.05, 0.1) is 0 Å². The van der Waals surface area contributed by atoms with Crippen molar-refractivity contribution >= 4 is 97.4 Å². The fourth-order valence-electron chi connectivity index (χ4n) is 11.7. The zero-order valence-electron chi connectivity index (χ0n) is 38.6. The maximum absolute atomic E-state index is 7.09. The van der Waals surface area contributed by atoms with E-state index >= 15 is 0 Å². The minimum atomic E-state index is -0.418. The third kappa shape index (κ3) is 6.57. The molecule has 0 bridgehead atoms. The van der Waals surface area contributed by atoms with Crippen LogP contribution in [0.1, 0.15) is 51.9 Å². The molecule has 1 aliphatic heterocycles. The van der Waals surface area contributed by atoms with Gasteiger partial charge in [0.1, 0.15) is 23.2 Å². The van der Waals surface area contributed by atoms with Crippen molar-refractivity contribution in [2.24, 2.45) is 9.98 Å². The van der Waals surface area contributed by atoms with Gasteiger partial charge in [-0.1, -0.05) is 176 Å². The van der Waals surface area contributed by atoms with Gasteiger partial charge in [-0.2, -0.15) is 0 Å². The summed E-state index contributed by atoms with van der Waals surface area (Å²) in [6.07, 6.45) is 1.45. The average molecular weight is 926 g/mol. The Morgan fingerprint density at radius 3 is 2.00 bits per heavy atom. The van der Waals surface area contributed by atoms with Gasteiger partial charge in [-0.3, -0.25) is 0 Å². The molecule has 2 unspecified atom stereocenters.